The Bertz CT molecular complexity index is 816. The van der Waals surface area contributed by atoms with Crippen LogP contribution in [-0.2, 0) is 11.4 Å². The van der Waals surface area contributed by atoms with Gasteiger partial charge in [-0.1, -0.05) is 12.1 Å². The Morgan fingerprint density at radius 2 is 2.32 bits per heavy atom. The first-order valence-electron chi connectivity index (χ1n) is 9.82. The average molecular weight is 401 g/mol. The maximum atomic E-state index is 12.7. The molecule has 0 spiro atoms. The van der Waals surface area contributed by atoms with E-state index in [9.17, 15) is 9.90 Å². The summed E-state index contributed by atoms with van der Waals surface area (Å²) in [6.07, 6.45) is 6.80. The van der Waals surface area contributed by atoms with E-state index in [-0.39, 0.29) is 11.9 Å². The van der Waals surface area contributed by atoms with Gasteiger partial charge in [0.2, 0.25) is 5.91 Å². The smallest absolute Gasteiger partial charge is 0.246 e. The number of rotatable bonds is 7. The van der Waals surface area contributed by atoms with Crippen molar-refractivity contribution in [2.75, 3.05) is 6.54 Å². The largest absolute Gasteiger partial charge is 0.487 e. The normalized spacial score (nSPS) is 18.4. The van der Waals surface area contributed by atoms with E-state index >= 15 is 0 Å². The van der Waals surface area contributed by atoms with Crippen molar-refractivity contribution in [3.8, 4) is 5.75 Å². The predicted octanol–water partition coefficient (Wildman–Crippen LogP) is 4.20. The first kappa shape index (κ1) is 20.6. The van der Waals surface area contributed by atoms with Crippen LogP contribution < -0.4 is 4.74 Å². The van der Waals surface area contributed by atoms with Crippen LogP contribution in [0.3, 0.4) is 0 Å². The zero-order valence-electron chi connectivity index (χ0n) is 16.5. The molecule has 1 aromatic heterocycles. The molecule has 0 saturated carbocycles. The summed E-state index contributed by atoms with van der Waals surface area (Å²) in [6.45, 7) is 4.96. The molecule has 3 rings (SSSR count). The molecule has 5 nitrogen and oxygen atoms in total. The minimum atomic E-state index is -0.391. The van der Waals surface area contributed by atoms with Gasteiger partial charge in [-0.2, -0.15) is 0 Å². The highest BCUT2D eigenvalue weighted by Crippen LogP contribution is 2.22. The van der Waals surface area contributed by atoms with Crippen molar-refractivity contribution >= 4 is 23.3 Å². The van der Waals surface area contributed by atoms with Gasteiger partial charge in [0, 0.05) is 24.0 Å². The van der Waals surface area contributed by atoms with Crippen LogP contribution in [-0.4, -0.2) is 39.6 Å². The molecule has 0 bridgehead atoms. The third kappa shape index (κ3) is 5.91. The highest BCUT2D eigenvalue weighted by molar-refractivity contribution is 7.09. The number of aliphatic hydroxyl groups excluding tert-OH is 1. The lowest BCUT2D eigenvalue weighted by Gasteiger charge is -2.35. The van der Waals surface area contributed by atoms with E-state index in [1.165, 1.54) is 0 Å². The Morgan fingerprint density at radius 3 is 3.07 bits per heavy atom. The molecule has 150 valence electrons. The summed E-state index contributed by atoms with van der Waals surface area (Å²) in [6, 6.07) is 7.83. The molecule has 1 N–H and O–H groups in total. The molecule has 6 heteroatoms. The fourth-order valence-electron chi connectivity index (χ4n) is 3.53. The lowest BCUT2D eigenvalue weighted by atomic mass is 9.97. The van der Waals surface area contributed by atoms with E-state index in [4.69, 9.17) is 4.74 Å². The summed E-state index contributed by atoms with van der Waals surface area (Å²) in [7, 11) is 0. The molecule has 1 saturated heterocycles. The summed E-state index contributed by atoms with van der Waals surface area (Å²) >= 11 is 1.61. The lowest BCUT2D eigenvalue weighted by molar-refractivity contribution is -0.130. The summed E-state index contributed by atoms with van der Waals surface area (Å²) in [5, 5.41) is 12.7. The maximum absolute atomic E-state index is 12.7. The van der Waals surface area contributed by atoms with Crippen molar-refractivity contribution in [3.05, 3.63) is 52.0 Å². The van der Waals surface area contributed by atoms with E-state index in [2.05, 4.69) is 4.98 Å². The second-order valence-electron chi connectivity index (χ2n) is 7.32. The van der Waals surface area contributed by atoms with Crippen molar-refractivity contribution in [1.82, 2.24) is 9.88 Å². The van der Waals surface area contributed by atoms with Crippen LogP contribution in [0.1, 0.15) is 48.9 Å². The molecule has 2 atom stereocenters. The molecule has 2 heterocycles. The number of aromatic nitrogens is 1. The SMILES string of the molecule is Cc1nc(COc2cccc(/C=C/C(=O)N3CCCCC3CC(C)O)c2)cs1. The Hall–Kier alpha value is -2.18. The number of thiazole rings is 1. The van der Waals surface area contributed by atoms with Crippen LogP contribution in [0.2, 0.25) is 0 Å². The third-order valence-corrected chi connectivity index (χ3v) is 5.68. The van der Waals surface area contributed by atoms with Gasteiger partial charge in [0.25, 0.3) is 0 Å². The molecular formula is C22H28N2O3S. The van der Waals surface area contributed by atoms with Crippen molar-refractivity contribution in [3.63, 3.8) is 0 Å². The van der Waals surface area contributed by atoms with Crippen LogP contribution in [0.4, 0.5) is 0 Å². The van der Waals surface area contributed by atoms with Gasteiger partial charge in [0.05, 0.1) is 16.8 Å². The molecule has 2 unspecified atom stereocenters. The number of carbonyl (C=O) groups excluding carboxylic acids is 1. The molecule has 1 aromatic carbocycles. The van der Waals surface area contributed by atoms with E-state index in [0.29, 0.717) is 13.0 Å². The van der Waals surface area contributed by atoms with Crippen LogP contribution in [0.5, 0.6) is 5.75 Å². The number of aryl methyl sites for hydroxylation is 1. The number of likely N-dealkylation sites (tertiary alicyclic amines) is 1. The third-order valence-electron chi connectivity index (χ3n) is 4.85. The molecule has 2 aromatic rings. The second-order valence-corrected chi connectivity index (χ2v) is 8.38. The van der Waals surface area contributed by atoms with Crippen LogP contribution >= 0.6 is 11.3 Å². The number of ether oxygens (including phenoxy) is 1. The summed E-state index contributed by atoms with van der Waals surface area (Å²) in [5.41, 5.74) is 1.84. The van der Waals surface area contributed by atoms with Gasteiger partial charge >= 0.3 is 0 Å². The quantitative estimate of drug-likeness (QED) is 0.708. The number of benzene rings is 1. The lowest BCUT2D eigenvalue weighted by Crippen LogP contribution is -2.44. The Morgan fingerprint density at radius 1 is 1.46 bits per heavy atom. The molecule has 0 aliphatic carbocycles. The van der Waals surface area contributed by atoms with Gasteiger partial charge in [-0.05, 0) is 63.3 Å². The molecule has 0 radical (unpaired) electrons. The number of aliphatic hydroxyl groups is 1. The van der Waals surface area contributed by atoms with Gasteiger partial charge in [-0.25, -0.2) is 4.98 Å². The number of amides is 1. The number of piperidine rings is 1. The molecule has 1 fully saturated rings. The number of hydrogen-bond acceptors (Lipinski definition) is 5. The predicted molar refractivity (Wildman–Crippen MR) is 112 cm³/mol. The first-order valence-corrected chi connectivity index (χ1v) is 10.7. The van der Waals surface area contributed by atoms with Crippen LogP contribution in [0.15, 0.2) is 35.7 Å². The summed E-state index contributed by atoms with van der Waals surface area (Å²) in [5.74, 6) is 0.764. The van der Waals surface area contributed by atoms with Gasteiger partial charge in [0.15, 0.2) is 0 Å². The summed E-state index contributed by atoms with van der Waals surface area (Å²) in [4.78, 5) is 19.0. The highest BCUT2D eigenvalue weighted by atomic mass is 32.1. The number of carbonyl (C=O) groups is 1. The van der Waals surface area contributed by atoms with E-state index in [1.807, 2.05) is 47.5 Å². The number of nitrogens with zero attached hydrogens (tertiary/aromatic N) is 2. The van der Waals surface area contributed by atoms with E-state index in [0.717, 1.165) is 47.8 Å². The minimum Gasteiger partial charge on any atom is -0.487 e. The minimum absolute atomic E-state index is 0.00891. The van der Waals surface area contributed by atoms with Crippen molar-refractivity contribution in [2.45, 2.75) is 58.3 Å². The number of hydrogen-bond donors (Lipinski definition) is 1. The molecule has 1 amide bonds. The van der Waals surface area contributed by atoms with Crippen molar-refractivity contribution in [1.29, 1.82) is 0 Å². The van der Waals surface area contributed by atoms with E-state index < -0.39 is 6.10 Å². The van der Waals surface area contributed by atoms with Crippen LogP contribution in [0, 0.1) is 6.92 Å². The monoisotopic (exact) mass is 400 g/mol. The fraction of sp³-hybridized carbons (Fsp3) is 0.455. The Labute approximate surface area is 170 Å². The van der Waals surface area contributed by atoms with Crippen molar-refractivity contribution < 1.29 is 14.6 Å². The van der Waals surface area contributed by atoms with Gasteiger partial charge in [0.1, 0.15) is 12.4 Å². The zero-order valence-corrected chi connectivity index (χ0v) is 17.3. The molecule has 1 aliphatic heterocycles. The van der Waals surface area contributed by atoms with Gasteiger partial charge in [-0.15, -0.1) is 11.3 Å². The molecule has 1 aliphatic rings. The fourth-order valence-corrected chi connectivity index (χ4v) is 4.13. The first-order chi connectivity index (χ1) is 13.5. The molecular weight excluding hydrogens is 372 g/mol. The van der Waals surface area contributed by atoms with Gasteiger partial charge in [-0.3, -0.25) is 4.79 Å². The average Bonchev–Trinajstić information content (AvgIpc) is 3.10. The Kier molecular flexibility index (Phi) is 7.23. The van der Waals surface area contributed by atoms with E-state index in [1.54, 1.807) is 24.3 Å². The second kappa shape index (κ2) is 9.85. The zero-order chi connectivity index (χ0) is 19.9. The van der Waals surface area contributed by atoms with Gasteiger partial charge < -0.3 is 14.7 Å². The van der Waals surface area contributed by atoms with Crippen molar-refractivity contribution in [2.24, 2.45) is 0 Å². The standard InChI is InChI=1S/C22H28N2O3S/c1-16(25)12-20-7-3-4-11-24(20)22(26)10-9-18-6-5-8-21(13-18)27-14-19-15-28-17(2)23-19/h5-6,8-10,13,15-16,20,25H,3-4,7,11-12,14H2,1-2H3/b10-9+. The van der Waals surface area contributed by atoms with Crippen LogP contribution in [0.25, 0.3) is 6.08 Å². The molecule has 28 heavy (non-hydrogen) atoms. The topological polar surface area (TPSA) is 62.7 Å². The maximum Gasteiger partial charge on any atom is 0.246 e. The highest BCUT2D eigenvalue weighted by Gasteiger charge is 2.26. The summed E-state index contributed by atoms with van der Waals surface area (Å²) < 4.78 is 5.82. The Balaban J connectivity index is 1.60.